The predicted molar refractivity (Wildman–Crippen MR) is 92.4 cm³/mol. The molecule has 110 valence electrons. The fraction of sp³-hybridized carbons (Fsp3) is 0.294. The summed E-state index contributed by atoms with van der Waals surface area (Å²) in [5.41, 5.74) is 3.35. The third-order valence-electron chi connectivity index (χ3n) is 4.09. The first-order valence-corrected chi connectivity index (χ1v) is 8.59. The molecule has 1 saturated carbocycles. The molecule has 1 fully saturated rings. The molecule has 21 heavy (non-hydrogen) atoms. The number of rotatable bonds is 3. The summed E-state index contributed by atoms with van der Waals surface area (Å²) >= 11 is 6.77. The molecular formula is C17H16Br2FN. The number of aryl methyl sites for hydroxylation is 1. The van der Waals surface area contributed by atoms with Crippen LogP contribution < -0.4 is 5.32 Å². The van der Waals surface area contributed by atoms with Crippen LogP contribution >= 0.6 is 31.9 Å². The zero-order valence-corrected chi connectivity index (χ0v) is 14.8. The van der Waals surface area contributed by atoms with E-state index in [1.165, 1.54) is 5.56 Å². The maximum atomic E-state index is 13.4. The molecule has 0 bridgehead atoms. The summed E-state index contributed by atoms with van der Waals surface area (Å²) in [6.07, 6.45) is 2.23. The molecule has 1 N–H and O–H groups in total. The Labute approximate surface area is 141 Å². The highest BCUT2D eigenvalue weighted by atomic mass is 79.9. The number of anilines is 1. The Morgan fingerprint density at radius 2 is 1.90 bits per heavy atom. The van der Waals surface area contributed by atoms with Crippen molar-refractivity contribution in [2.24, 2.45) is 0 Å². The highest BCUT2D eigenvalue weighted by Crippen LogP contribution is 2.40. The largest absolute Gasteiger partial charge is 0.382 e. The van der Waals surface area contributed by atoms with Crippen molar-refractivity contribution >= 4 is 37.5 Å². The van der Waals surface area contributed by atoms with Crippen LogP contribution in [0.15, 0.2) is 45.3 Å². The van der Waals surface area contributed by atoms with E-state index in [0.717, 1.165) is 28.6 Å². The van der Waals surface area contributed by atoms with E-state index in [-0.39, 0.29) is 5.82 Å². The average molecular weight is 413 g/mol. The maximum Gasteiger partial charge on any atom is 0.137 e. The minimum atomic E-state index is -0.210. The SMILES string of the molecule is Cc1cc(F)c(Br)cc1NC1CC(c2cccc(Br)c2)C1. The van der Waals surface area contributed by atoms with Gasteiger partial charge in [-0.1, -0.05) is 28.1 Å². The van der Waals surface area contributed by atoms with Crippen molar-refractivity contribution in [3.05, 3.63) is 62.3 Å². The molecule has 0 radical (unpaired) electrons. The third kappa shape index (κ3) is 3.32. The summed E-state index contributed by atoms with van der Waals surface area (Å²) in [7, 11) is 0. The average Bonchev–Trinajstić information content (AvgIpc) is 2.39. The summed E-state index contributed by atoms with van der Waals surface area (Å²) < 4.78 is 15.1. The molecule has 4 heteroatoms. The van der Waals surface area contributed by atoms with E-state index in [1.54, 1.807) is 6.07 Å². The van der Waals surface area contributed by atoms with Crippen LogP contribution in [0.25, 0.3) is 0 Å². The third-order valence-corrected chi connectivity index (χ3v) is 5.19. The van der Waals surface area contributed by atoms with Crippen LogP contribution in [-0.4, -0.2) is 6.04 Å². The van der Waals surface area contributed by atoms with E-state index in [0.29, 0.717) is 16.4 Å². The van der Waals surface area contributed by atoms with Crippen LogP contribution in [0.3, 0.4) is 0 Å². The number of halogens is 3. The van der Waals surface area contributed by atoms with Crippen molar-refractivity contribution in [1.82, 2.24) is 0 Å². The second kappa shape index (κ2) is 6.09. The number of benzene rings is 2. The van der Waals surface area contributed by atoms with Crippen molar-refractivity contribution < 1.29 is 4.39 Å². The van der Waals surface area contributed by atoms with Crippen LogP contribution in [0.4, 0.5) is 10.1 Å². The van der Waals surface area contributed by atoms with Gasteiger partial charge in [0.05, 0.1) is 4.47 Å². The van der Waals surface area contributed by atoms with Gasteiger partial charge in [-0.05, 0) is 77.0 Å². The van der Waals surface area contributed by atoms with Crippen LogP contribution in [-0.2, 0) is 0 Å². The van der Waals surface area contributed by atoms with Crippen LogP contribution in [0.1, 0.15) is 29.9 Å². The summed E-state index contributed by atoms with van der Waals surface area (Å²) in [6, 6.07) is 12.4. The Balaban J connectivity index is 1.64. The minimum absolute atomic E-state index is 0.210. The first-order valence-electron chi connectivity index (χ1n) is 7.00. The molecule has 3 rings (SSSR count). The summed E-state index contributed by atoms with van der Waals surface area (Å²) in [6.45, 7) is 1.93. The highest BCUT2D eigenvalue weighted by molar-refractivity contribution is 9.10. The van der Waals surface area contributed by atoms with Crippen molar-refractivity contribution in [3.63, 3.8) is 0 Å². The normalized spacial score (nSPS) is 21.0. The molecule has 2 aromatic carbocycles. The van der Waals surface area contributed by atoms with Crippen molar-refractivity contribution in [2.75, 3.05) is 5.32 Å². The van der Waals surface area contributed by atoms with Gasteiger partial charge < -0.3 is 5.32 Å². The lowest BCUT2D eigenvalue weighted by molar-refractivity contribution is 0.374. The number of hydrogen-bond acceptors (Lipinski definition) is 1. The van der Waals surface area contributed by atoms with Crippen molar-refractivity contribution in [3.8, 4) is 0 Å². The lowest BCUT2D eigenvalue weighted by Gasteiger charge is -2.37. The summed E-state index contributed by atoms with van der Waals surface area (Å²) in [5, 5.41) is 3.52. The van der Waals surface area contributed by atoms with Gasteiger partial charge >= 0.3 is 0 Å². The Bertz CT molecular complexity index is 666. The quantitative estimate of drug-likeness (QED) is 0.650. The van der Waals surface area contributed by atoms with E-state index in [9.17, 15) is 4.39 Å². The fourth-order valence-electron chi connectivity index (χ4n) is 2.79. The van der Waals surface area contributed by atoms with Crippen LogP contribution in [0.2, 0.25) is 0 Å². The molecule has 1 aliphatic carbocycles. The minimum Gasteiger partial charge on any atom is -0.382 e. The fourth-order valence-corrected chi connectivity index (χ4v) is 3.55. The standard InChI is InChI=1S/C17H16Br2FN/c1-10-5-16(20)15(19)9-17(10)21-14-7-12(8-14)11-3-2-4-13(18)6-11/h2-6,9,12,14,21H,7-8H2,1H3. The molecule has 1 aliphatic rings. The Morgan fingerprint density at radius 3 is 2.62 bits per heavy atom. The molecule has 2 aromatic rings. The van der Waals surface area contributed by atoms with E-state index >= 15 is 0 Å². The molecule has 0 amide bonds. The van der Waals surface area contributed by atoms with Crippen LogP contribution in [0.5, 0.6) is 0 Å². The smallest absolute Gasteiger partial charge is 0.137 e. The first-order chi connectivity index (χ1) is 10.0. The van der Waals surface area contributed by atoms with Crippen LogP contribution in [0, 0.1) is 12.7 Å². The predicted octanol–water partition coefficient (Wildman–Crippen LogP) is 6.02. The molecule has 0 aromatic heterocycles. The zero-order valence-electron chi connectivity index (χ0n) is 11.7. The van der Waals surface area contributed by atoms with E-state index in [1.807, 2.05) is 13.0 Å². The molecule has 0 spiro atoms. The molecule has 0 heterocycles. The van der Waals surface area contributed by atoms with Gasteiger partial charge in [-0.3, -0.25) is 0 Å². The Hall–Kier alpha value is -0.870. The van der Waals surface area contributed by atoms with Gasteiger partial charge in [-0.2, -0.15) is 0 Å². The van der Waals surface area contributed by atoms with Gasteiger partial charge in [0.2, 0.25) is 0 Å². The maximum absolute atomic E-state index is 13.4. The van der Waals surface area contributed by atoms with Gasteiger partial charge in [0, 0.05) is 16.2 Å². The van der Waals surface area contributed by atoms with E-state index in [4.69, 9.17) is 0 Å². The van der Waals surface area contributed by atoms with Gasteiger partial charge in [-0.25, -0.2) is 4.39 Å². The Morgan fingerprint density at radius 1 is 1.14 bits per heavy atom. The molecule has 0 aliphatic heterocycles. The summed E-state index contributed by atoms with van der Waals surface area (Å²) in [4.78, 5) is 0. The second-order valence-electron chi connectivity index (χ2n) is 5.65. The van der Waals surface area contributed by atoms with Crippen molar-refractivity contribution in [2.45, 2.75) is 31.7 Å². The van der Waals surface area contributed by atoms with Gasteiger partial charge in [-0.15, -0.1) is 0 Å². The molecule has 0 saturated heterocycles. The van der Waals surface area contributed by atoms with Gasteiger partial charge in [0.1, 0.15) is 5.82 Å². The molecule has 0 atom stereocenters. The number of nitrogens with one attached hydrogen (secondary N) is 1. The zero-order chi connectivity index (χ0) is 15.0. The van der Waals surface area contributed by atoms with Crippen molar-refractivity contribution in [1.29, 1.82) is 0 Å². The number of hydrogen-bond donors (Lipinski definition) is 1. The molecular weight excluding hydrogens is 397 g/mol. The van der Waals surface area contributed by atoms with E-state index < -0.39 is 0 Å². The lowest BCUT2D eigenvalue weighted by atomic mass is 9.76. The molecule has 0 unspecified atom stereocenters. The lowest BCUT2D eigenvalue weighted by Crippen LogP contribution is -2.34. The summed E-state index contributed by atoms with van der Waals surface area (Å²) in [5.74, 6) is 0.405. The van der Waals surface area contributed by atoms with Gasteiger partial charge in [0.15, 0.2) is 0 Å². The van der Waals surface area contributed by atoms with E-state index in [2.05, 4.69) is 61.4 Å². The monoisotopic (exact) mass is 411 g/mol. The Kier molecular flexibility index (Phi) is 4.36. The van der Waals surface area contributed by atoms with Gasteiger partial charge in [0.25, 0.3) is 0 Å². The second-order valence-corrected chi connectivity index (χ2v) is 7.42. The topological polar surface area (TPSA) is 12.0 Å². The highest BCUT2D eigenvalue weighted by Gasteiger charge is 2.30. The first kappa shape index (κ1) is 15.0. The molecule has 1 nitrogen and oxygen atoms in total.